The molecule has 0 heterocycles. The second-order valence-electron chi connectivity index (χ2n) is 4.72. The molecular formula is C14H19NO2. The molecule has 0 aromatic heterocycles. The van der Waals surface area contributed by atoms with Gasteiger partial charge in [-0.25, -0.2) is 0 Å². The van der Waals surface area contributed by atoms with Gasteiger partial charge in [0.05, 0.1) is 12.1 Å². The molecule has 1 aliphatic rings. The Bertz CT molecular complexity index is 371. The molecule has 1 aromatic rings. The van der Waals surface area contributed by atoms with E-state index in [0.717, 1.165) is 24.8 Å². The summed E-state index contributed by atoms with van der Waals surface area (Å²) in [7, 11) is 0. The lowest BCUT2D eigenvalue weighted by Crippen LogP contribution is -2.32. The Kier molecular flexibility index (Phi) is 3.92. The summed E-state index contributed by atoms with van der Waals surface area (Å²) in [5.74, 6) is 0.195. The van der Waals surface area contributed by atoms with Crippen molar-refractivity contribution in [3.05, 3.63) is 35.9 Å². The molecule has 0 atom stereocenters. The SMILES string of the molecule is NC1(C(=O)CCCOCc2ccccc2)CC1. The molecule has 0 radical (unpaired) electrons. The van der Waals surface area contributed by atoms with Gasteiger partial charge in [-0.05, 0) is 24.8 Å². The number of hydrogen-bond donors (Lipinski definition) is 1. The van der Waals surface area contributed by atoms with Crippen molar-refractivity contribution in [3.8, 4) is 0 Å². The van der Waals surface area contributed by atoms with E-state index in [1.54, 1.807) is 0 Å². The molecule has 3 heteroatoms. The summed E-state index contributed by atoms with van der Waals surface area (Å²) >= 11 is 0. The number of ether oxygens (including phenoxy) is 1. The van der Waals surface area contributed by atoms with Gasteiger partial charge >= 0.3 is 0 Å². The first-order valence-corrected chi connectivity index (χ1v) is 6.15. The van der Waals surface area contributed by atoms with Crippen LogP contribution < -0.4 is 5.73 Å². The van der Waals surface area contributed by atoms with Gasteiger partial charge in [-0.15, -0.1) is 0 Å². The van der Waals surface area contributed by atoms with Crippen molar-refractivity contribution in [3.63, 3.8) is 0 Å². The number of carbonyl (C=O) groups excluding carboxylic acids is 1. The molecule has 1 saturated carbocycles. The molecule has 0 amide bonds. The fourth-order valence-electron chi connectivity index (χ4n) is 1.76. The zero-order valence-corrected chi connectivity index (χ0v) is 10.0. The lowest BCUT2D eigenvalue weighted by molar-refractivity contribution is -0.121. The average Bonchev–Trinajstić information content (AvgIpc) is 3.09. The third-order valence-corrected chi connectivity index (χ3v) is 3.15. The molecule has 3 nitrogen and oxygen atoms in total. The van der Waals surface area contributed by atoms with Crippen LogP contribution in [0.25, 0.3) is 0 Å². The van der Waals surface area contributed by atoms with Gasteiger partial charge in [-0.3, -0.25) is 4.79 Å². The molecule has 0 aliphatic heterocycles. The molecule has 0 unspecified atom stereocenters. The summed E-state index contributed by atoms with van der Waals surface area (Å²) in [5.41, 5.74) is 6.50. The van der Waals surface area contributed by atoms with Crippen LogP contribution in [0, 0.1) is 0 Å². The van der Waals surface area contributed by atoms with Crippen molar-refractivity contribution in [1.82, 2.24) is 0 Å². The second-order valence-corrected chi connectivity index (χ2v) is 4.72. The van der Waals surface area contributed by atoms with Gasteiger partial charge in [0.25, 0.3) is 0 Å². The van der Waals surface area contributed by atoms with Crippen molar-refractivity contribution in [2.24, 2.45) is 5.73 Å². The smallest absolute Gasteiger partial charge is 0.152 e. The molecule has 17 heavy (non-hydrogen) atoms. The first kappa shape index (κ1) is 12.3. The van der Waals surface area contributed by atoms with E-state index in [2.05, 4.69) is 0 Å². The van der Waals surface area contributed by atoms with Crippen LogP contribution in [0.1, 0.15) is 31.2 Å². The summed E-state index contributed by atoms with van der Waals surface area (Å²) < 4.78 is 5.51. The lowest BCUT2D eigenvalue weighted by Gasteiger charge is -2.07. The van der Waals surface area contributed by atoms with E-state index in [9.17, 15) is 4.79 Å². The monoisotopic (exact) mass is 233 g/mol. The second kappa shape index (κ2) is 5.43. The van der Waals surface area contributed by atoms with E-state index >= 15 is 0 Å². The summed E-state index contributed by atoms with van der Waals surface area (Å²) in [6.07, 6.45) is 3.03. The van der Waals surface area contributed by atoms with Crippen LogP contribution in [0.5, 0.6) is 0 Å². The predicted octanol–water partition coefficient (Wildman–Crippen LogP) is 2.04. The highest BCUT2D eigenvalue weighted by molar-refractivity contribution is 5.90. The predicted molar refractivity (Wildman–Crippen MR) is 66.5 cm³/mol. The number of benzene rings is 1. The van der Waals surface area contributed by atoms with Gasteiger partial charge < -0.3 is 10.5 Å². The van der Waals surface area contributed by atoms with Crippen LogP contribution in [0.4, 0.5) is 0 Å². The van der Waals surface area contributed by atoms with E-state index in [4.69, 9.17) is 10.5 Å². The van der Waals surface area contributed by atoms with E-state index in [0.29, 0.717) is 19.6 Å². The Labute approximate surface area is 102 Å². The normalized spacial score (nSPS) is 16.8. The number of Topliss-reactive ketones (excluding diaryl/α,β-unsaturated/α-hetero) is 1. The van der Waals surface area contributed by atoms with E-state index in [1.807, 2.05) is 30.3 Å². The van der Waals surface area contributed by atoms with Crippen LogP contribution in [0.2, 0.25) is 0 Å². The number of rotatable bonds is 7. The molecule has 2 N–H and O–H groups in total. The Morgan fingerprint density at radius 3 is 2.65 bits per heavy atom. The molecule has 1 fully saturated rings. The van der Waals surface area contributed by atoms with Crippen molar-refractivity contribution in [1.29, 1.82) is 0 Å². The first-order valence-electron chi connectivity index (χ1n) is 6.15. The first-order chi connectivity index (χ1) is 8.21. The minimum Gasteiger partial charge on any atom is -0.377 e. The third-order valence-electron chi connectivity index (χ3n) is 3.15. The minimum absolute atomic E-state index is 0.195. The van der Waals surface area contributed by atoms with Crippen molar-refractivity contribution in [2.45, 2.75) is 37.8 Å². The highest BCUT2D eigenvalue weighted by Crippen LogP contribution is 2.34. The Morgan fingerprint density at radius 1 is 1.29 bits per heavy atom. The van der Waals surface area contributed by atoms with Gasteiger partial charge in [0.2, 0.25) is 0 Å². The Balaban J connectivity index is 1.56. The van der Waals surface area contributed by atoms with Crippen LogP contribution in [-0.4, -0.2) is 17.9 Å². The zero-order valence-electron chi connectivity index (χ0n) is 10.0. The fraction of sp³-hybridized carbons (Fsp3) is 0.500. The molecule has 1 aliphatic carbocycles. The minimum atomic E-state index is -0.473. The maximum atomic E-state index is 11.6. The van der Waals surface area contributed by atoms with Crippen molar-refractivity contribution in [2.75, 3.05) is 6.61 Å². The van der Waals surface area contributed by atoms with Crippen molar-refractivity contribution >= 4 is 5.78 Å². The number of ketones is 1. The van der Waals surface area contributed by atoms with Gasteiger partial charge in [0, 0.05) is 13.0 Å². The molecule has 1 aromatic carbocycles. The number of carbonyl (C=O) groups is 1. The molecule has 92 valence electrons. The van der Waals surface area contributed by atoms with Crippen LogP contribution in [0.3, 0.4) is 0 Å². The molecule has 2 rings (SSSR count). The van der Waals surface area contributed by atoms with Gasteiger partial charge in [0.15, 0.2) is 5.78 Å². The van der Waals surface area contributed by atoms with E-state index < -0.39 is 5.54 Å². The summed E-state index contributed by atoms with van der Waals surface area (Å²) in [6, 6.07) is 10.0. The number of hydrogen-bond acceptors (Lipinski definition) is 3. The van der Waals surface area contributed by atoms with E-state index in [-0.39, 0.29) is 5.78 Å². The average molecular weight is 233 g/mol. The number of nitrogens with two attached hydrogens (primary N) is 1. The Hall–Kier alpha value is -1.19. The molecule has 0 spiro atoms. The van der Waals surface area contributed by atoms with Crippen molar-refractivity contribution < 1.29 is 9.53 Å². The van der Waals surface area contributed by atoms with Gasteiger partial charge in [-0.2, -0.15) is 0 Å². The van der Waals surface area contributed by atoms with Crippen LogP contribution in [-0.2, 0) is 16.1 Å². The zero-order chi connectivity index (χ0) is 12.1. The molecule has 0 bridgehead atoms. The highest BCUT2D eigenvalue weighted by atomic mass is 16.5. The van der Waals surface area contributed by atoms with E-state index in [1.165, 1.54) is 0 Å². The van der Waals surface area contributed by atoms with Gasteiger partial charge in [0.1, 0.15) is 0 Å². The largest absolute Gasteiger partial charge is 0.377 e. The maximum Gasteiger partial charge on any atom is 0.152 e. The highest BCUT2D eigenvalue weighted by Gasteiger charge is 2.44. The van der Waals surface area contributed by atoms with Crippen LogP contribution >= 0.6 is 0 Å². The summed E-state index contributed by atoms with van der Waals surface area (Å²) in [6.45, 7) is 1.24. The summed E-state index contributed by atoms with van der Waals surface area (Å²) in [5, 5.41) is 0. The quantitative estimate of drug-likeness (QED) is 0.733. The standard InChI is InChI=1S/C14H19NO2/c15-14(8-9-14)13(16)7-4-10-17-11-12-5-2-1-3-6-12/h1-3,5-6H,4,7-11,15H2. The molecular weight excluding hydrogens is 214 g/mol. The maximum absolute atomic E-state index is 11.6. The Morgan fingerprint density at radius 2 is 2.00 bits per heavy atom. The fourth-order valence-corrected chi connectivity index (χ4v) is 1.76. The lowest BCUT2D eigenvalue weighted by atomic mass is 10.1. The molecule has 0 saturated heterocycles. The topological polar surface area (TPSA) is 52.3 Å². The van der Waals surface area contributed by atoms with Gasteiger partial charge in [-0.1, -0.05) is 30.3 Å². The third kappa shape index (κ3) is 3.65. The summed E-state index contributed by atoms with van der Waals surface area (Å²) in [4.78, 5) is 11.6. The van der Waals surface area contributed by atoms with Crippen LogP contribution in [0.15, 0.2) is 30.3 Å².